The molecule has 39 heavy (non-hydrogen) atoms. The average molecular weight is 535 g/mol. The van der Waals surface area contributed by atoms with Gasteiger partial charge >= 0.3 is 6.09 Å². The van der Waals surface area contributed by atoms with Gasteiger partial charge in [-0.1, -0.05) is 43.2 Å². The normalized spacial score (nSPS) is 12.4. The Labute approximate surface area is 230 Å². The van der Waals surface area contributed by atoms with Crippen molar-refractivity contribution in [3.8, 4) is 12.3 Å². The second-order valence-corrected chi connectivity index (χ2v) is 10.2. The van der Waals surface area contributed by atoms with Crippen LogP contribution in [0.3, 0.4) is 0 Å². The lowest BCUT2D eigenvalue weighted by Crippen LogP contribution is -2.52. The molecule has 2 aromatic rings. The fourth-order valence-corrected chi connectivity index (χ4v) is 3.95. The molecule has 2 atom stereocenters. The summed E-state index contributed by atoms with van der Waals surface area (Å²) in [5.74, 6) is 0.935. The Morgan fingerprint density at radius 3 is 2.26 bits per heavy atom. The van der Waals surface area contributed by atoms with E-state index in [-0.39, 0.29) is 19.4 Å². The smallest absolute Gasteiger partial charge is 0.408 e. The number of rotatable bonds is 11. The molecular formula is C30H38N4O5. The van der Waals surface area contributed by atoms with Gasteiger partial charge in [-0.3, -0.25) is 14.4 Å². The summed E-state index contributed by atoms with van der Waals surface area (Å²) in [6.07, 6.45) is 5.01. The van der Waals surface area contributed by atoms with Gasteiger partial charge in [0.25, 0.3) is 5.91 Å². The molecule has 9 heteroatoms. The molecule has 4 amide bonds. The molecule has 0 aromatic heterocycles. The number of aryl methyl sites for hydroxylation is 1. The maximum atomic E-state index is 14.0. The molecule has 2 rings (SSSR count). The molecule has 208 valence electrons. The van der Waals surface area contributed by atoms with E-state index in [2.05, 4.69) is 16.6 Å². The van der Waals surface area contributed by atoms with Crippen molar-refractivity contribution >= 4 is 29.5 Å². The SMILES string of the molecule is C#Cc1ccc(C(C(=O)Nc2ccccc2C)N(CCC)C(=O)C(CCC(N)=O)NC(=O)OC(C)(C)C)cc1. The Morgan fingerprint density at radius 2 is 1.72 bits per heavy atom. The lowest BCUT2D eigenvalue weighted by Gasteiger charge is -2.34. The van der Waals surface area contributed by atoms with Crippen molar-refractivity contribution in [3.63, 3.8) is 0 Å². The first-order valence-electron chi connectivity index (χ1n) is 12.9. The second-order valence-electron chi connectivity index (χ2n) is 10.2. The van der Waals surface area contributed by atoms with Gasteiger partial charge in [-0.15, -0.1) is 6.42 Å². The van der Waals surface area contributed by atoms with E-state index in [1.54, 1.807) is 57.2 Å². The molecular weight excluding hydrogens is 496 g/mol. The van der Waals surface area contributed by atoms with E-state index < -0.39 is 41.5 Å². The third kappa shape index (κ3) is 9.49. The molecule has 0 aliphatic heterocycles. The first kappa shape index (κ1) is 30.9. The zero-order valence-electron chi connectivity index (χ0n) is 23.2. The van der Waals surface area contributed by atoms with E-state index in [0.717, 1.165) is 5.56 Å². The predicted molar refractivity (Wildman–Crippen MR) is 151 cm³/mol. The number of nitrogens with zero attached hydrogens (tertiary/aromatic N) is 1. The highest BCUT2D eigenvalue weighted by Crippen LogP contribution is 2.26. The first-order valence-corrected chi connectivity index (χ1v) is 12.9. The lowest BCUT2D eigenvalue weighted by atomic mass is 10.00. The van der Waals surface area contributed by atoms with Gasteiger partial charge in [0.15, 0.2) is 0 Å². The third-order valence-corrected chi connectivity index (χ3v) is 5.77. The standard InChI is InChI=1S/C30H38N4O5/c1-7-19-34(28(37)24(17-18-25(31)35)33-29(38)39-30(4,5)6)26(22-15-13-21(8-2)14-16-22)27(36)32-23-12-10-9-11-20(23)3/h2,9-16,24,26H,7,17-19H2,1,3-6H3,(H2,31,35)(H,32,36)(H,33,38). The topological polar surface area (TPSA) is 131 Å². The van der Waals surface area contributed by atoms with Crippen molar-refractivity contribution in [2.45, 2.75) is 71.6 Å². The minimum atomic E-state index is -1.15. The van der Waals surface area contributed by atoms with Gasteiger partial charge in [-0.2, -0.15) is 0 Å². The van der Waals surface area contributed by atoms with Crippen molar-refractivity contribution in [1.82, 2.24) is 10.2 Å². The maximum Gasteiger partial charge on any atom is 0.408 e. The number of primary amides is 1. The summed E-state index contributed by atoms with van der Waals surface area (Å²) in [5.41, 5.74) is 7.16. The summed E-state index contributed by atoms with van der Waals surface area (Å²) in [5, 5.41) is 5.50. The van der Waals surface area contributed by atoms with Crippen LogP contribution < -0.4 is 16.4 Å². The number of carbonyl (C=O) groups excluding carboxylic acids is 4. The van der Waals surface area contributed by atoms with E-state index >= 15 is 0 Å². The summed E-state index contributed by atoms with van der Waals surface area (Å²) >= 11 is 0. The van der Waals surface area contributed by atoms with Crippen molar-refractivity contribution < 1.29 is 23.9 Å². The van der Waals surface area contributed by atoms with E-state index in [0.29, 0.717) is 23.2 Å². The molecule has 0 heterocycles. The summed E-state index contributed by atoms with van der Waals surface area (Å²) in [6, 6.07) is 11.9. The summed E-state index contributed by atoms with van der Waals surface area (Å²) in [4.78, 5) is 53.4. The Hall–Kier alpha value is -4.32. The number of hydrogen-bond donors (Lipinski definition) is 3. The van der Waals surface area contributed by atoms with E-state index in [4.69, 9.17) is 16.9 Å². The highest BCUT2D eigenvalue weighted by molar-refractivity contribution is 5.99. The molecule has 0 saturated heterocycles. The predicted octanol–water partition coefficient (Wildman–Crippen LogP) is 4.05. The van der Waals surface area contributed by atoms with Crippen molar-refractivity contribution in [3.05, 3.63) is 65.2 Å². The average Bonchev–Trinajstić information content (AvgIpc) is 2.86. The highest BCUT2D eigenvalue weighted by Gasteiger charge is 2.36. The number of carbonyl (C=O) groups is 4. The molecule has 0 radical (unpaired) electrons. The number of alkyl carbamates (subject to hydrolysis) is 1. The third-order valence-electron chi connectivity index (χ3n) is 5.77. The monoisotopic (exact) mass is 534 g/mol. The summed E-state index contributed by atoms with van der Waals surface area (Å²) in [6.45, 7) is 9.03. The molecule has 2 aromatic carbocycles. The van der Waals surface area contributed by atoms with Gasteiger partial charge < -0.3 is 26.0 Å². The number of terminal acetylenes is 1. The summed E-state index contributed by atoms with van der Waals surface area (Å²) < 4.78 is 5.34. The number of nitrogens with one attached hydrogen (secondary N) is 2. The second kappa shape index (κ2) is 14.0. The minimum absolute atomic E-state index is 0.0597. The number of ether oxygens (including phenoxy) is 1. The van der Waals surface area contributed by atoms with E-state index in [1.807, 2.05) is 26.0 Å². The molecule has 0 spiro atoms. The Bertz CT molecular complexity index is 1210. The van der Waals surface area contributed by atoms with Gasteiger partial charge in [0.1, 0.15) is 17.7 Å². The Morgan fingerprint density at radius 1 is 1.08 bits per heavy atom. The van der Waals surface area contributed by atoms with Gasteiger partial charge in [-0.25, -0.2) is 4.79 Å². The van der Waals surface area contributed by atoms with Crippen LogP contribution in [-0.2, 0) is 19.1 Å². The Balaban J connectivity index is 2.53. The molecule has 0 aliphatic carbocycles. The van der Waals surface area contributed by atoms with Crippen molar-refractivity contribution in [1.29, 1.82) is 0 Å². The van der Waals surface area contributed by atoms with Gasteiger partial charge in [-0.05, 0) is 69.9 Å². The van der Waals surface area contributed by atoms with E-state index in [9.17, 15) is 19.2 Å². The van der Waals surface area contributed by atoms with Crippen LogP contribution >= 0.6 is 0 Å². The van der Waals surface area contributed by atoms with Crippen molar-refractivity contribution in [2.24, 2.45) is 5.73 Å². The van der Waals surface area contributed by atoms with Crippen LogP contribution in [0, 0.1) is 19.3 Å². The lowest BCUT2D eigenvalue weighted by molar-refractivity contribution is -0.141. The number of amides is 4. The minimum Gasteiger partial charge on any atom is -0.444 e. The van der Waals surface area contributed by atoms with Gasteiger partial charge in [0.05, 0.1) is 0 Å². The highest BCUT2D eigenvalue weighted by atomic mass is 16.6. The van der Waals surface area contributed by atoms with E-state index in [1.165, 1.54) is 4.90 Å². The molecule has 0 fully saturated rings. The molecule has 9 nitrogen and oxygen atoms in total. The van der Waals surface area contributed by atoms with Crippen LogP contribution in [0.4, 0.5) is 10.5 Å². The molecule has 0 aliphatic rings. The van der Waals surface area contributed by atoms with Crippen LogP contribution in [0.2, 0.25) is 0 Å². The van der Waals surface area contributed by atoms with Gasteiger partial charge in [0.2, 0.25) is 11.8 Å². The molecule has 0 bridgehead atoms. The maximum absolute atomic E-state index is 14.0. The number of nitrogens with two attached hydrogens (primary N) is 1. The van der Waals surface area contributed by atoms with Crippen LogP contribution in [0.15, 0.2) is 48.5 Å². The largest absolute Gasteiger partial charge is 0.444 e. The zero-order valence-corrected chi connectivity index (χ0v) is 23.2. The fraction of sp³-hybridized carbons (Fsp3) is 0.400. The number of hydrogen-bond acceptors (Lipinski definition) is 5. The van der Waals surface area contributed by atoms with Crippen molar-refractivity contribution in [2.75, 3.05) is 11.9 Å². The fourth-order valence-electron chi connectivity index (χ4n) is 3.95. The van der Waals surface area contributed by atoms with Crippen LogP contribution in [-0.4, -0.2) is 46.9 Å². The molecule has 2 unspecified atom stereocenters. The Kier molecular flexibility index (Phi) is 11.1. The quantitative estimate of drug-likeness (QED) is 0.374. The number of para-hydroxylation sites is 1. The number of anilines is 1. The van der Waals surface area contributed by atoms with Crippen LogP contribution in [0.5, 0.6) is 0 Å². The van der Waals surface area contributed by atoms with Crippen LogP contribution in [0.25, 0.3) is 0 Å². The van der Waals surface area contributed by atoms with Crippen LogP contribution in [0.1, 0.15) is 69.7 Å². The molecule has 0 saturated carbocycles. The molecule has 4 N–H and O–H groups in total. The zero-order chi connectivity index (χ0) is 29.2. The number of benzene rings is 2. The summed E-state index contributed by atoms with van der Waals surface area (Å²) in [7, 11) is 0. The first-order chi connectivity index (χ1) is 18.4. The van der Waals surface area contributed by atoms with Gasteiger partial charge in [0, 0.05) is 24.2 Å².